The number of halogens is 1. The van der Waals surface area contributed by atoms with Gasteiger partial charge in [0.05, 0.1) is 5.69 Å². The highest BCUT2D eigenvalue weighted by molar-refractivity contribution is 7.14. The number of para-hydroxylation sites is 1. The third-order valence-corrected chi connectivity index (χ3v) is 4.45. The molecule has 6 heteroatoms. The van der Waals surface area contributed by atoms with Crippen LogP contribution >= 0.6 is 11.3 Å². The van der Waals surface area contributed by atoms with Crippen molar-refractivity contribution in [2.75, 3.05) is 10.6 Å². The van der Waals surface area contributed by atoms with Crippen molar-refractivity contribution < 1.29 is 9.18 Å². The Labute approximate surface area is 149 Å². The molecule has 0 saturated carbocycles. The highest BCUT2D eigenvalue weighted by atomic mass is 32.1. The average Bonchev–Trinajstić information content (AvgIpc) is 3.06. The fourth-order valence-electron chi connectivity index (χ4n) is 2.26. The Balaban J connectivity index is 1.67. The number of carbonyl (C=O) groups excluding carboxylic acids is 1. The topological polar surface area (TPSA) is 54.0 Å². The number of hydrogen-bond donors (Lipinski definition) is 2. The zero-order valence-electron chi connectivity index (χ0n) is 13.9. The Bertz CT molecular complexity index is 874. The van der Waals surface area contributed by atoms with Gasteiger partial charge in [0.2, 0.25) is 0 Å². The molecule has 0 spiro atoms. The second-order valence-electron chi connectivity index (χ2n) is 5.87. The molecule has 0 bridgehead atoms. The molecule has 4 nitrogen and oxygen atoms in total. The summed E-state index contributed by atoms with van der Waals surface area (Å²) in [6.45, 7) is 4.24. The maximum absolute atomic E-state index is 13.7. The maximum atomic E-state index is 13.7. The first-order valence-corrected chi connectivity index (χ1v) is 8.79. The van der Waals surface area contributed by atoms with E-state index in [2.05, 4.69) is 29.5 Å². The predicted molar refractivity (Wildman–Crippen MR) is 100 cm³/mol. The first kappa shape index (κ1) is 17.1. The predicted octanol–water partition coefficient (Wildman–Crippen LogP) is 5.40. The summed E-state index contributed by atoms with van der Waals surface area (Å²) in [5, 5.41) is 7.80. The summed E-state index contributed by atoms with van der Waals surface area (Å²) in [7, 11) is 0. The van der Waals surface area contributed by atoms with Gasteiger partial charge in [0.25, 0.3) is 5.91 Å². The van der Waals surface area contributed by atoms with Gasteiger partial charge in [-0.1, -0.05) is 38.1 Å². The van der Waals surface area contributed by atoms with Crippen molar-refractivity contribution in [2.45, 2.75) is 19.8 Å². The van der Waals surface area contributed by atoms with Gasteiger partial charge >= 0.3 is 0 Å². The van der Waals surface area contributed by atoms with Crippen LogP contribution in [-0.4, -0.2) is 10.9 Å². The lowest BCUT2D eigenvalue weighted by molar-refractivity contribution is 0.102. The molecule has 1 heterocycles. The lowest BCUT2D eigenvalue weighted by atomic mass is 10.0. The quantitative estimate of drug-likeness (QED) is 0.644. The molecule has 2 N–H and O–H groups in total. The van der Waals surface area contributed by atoms with Crippen molar-refractivity contribution in [1.29, 1.82) is 0 Å². The van der Waals surface area contributed by atoms with E-state index in [1.54, 1.807) is 23.6 Å². The van der Waals surface area contributed by atoms with Crippen LogP contribution in [0.5, 0.6) is 0 Å². The third-order valence-electron chi connectivity index (χ3n) is 3.69. The first-order chi connectivity index (χ1) is 12.0. The van der Waals surface area contributed by atoms with E-state index in [0.29, 0.717) is 22.4 Å². The molecule has 0 saturated heterocycles. The standard InChI is InChI=1S/C19H18FN3OS/c1-12(2)13-7-9-14(10-8-13)21-18(24)17-11-25-19(23-17)22-16-6-4-3-5-15(16)20/h3-12H,1-2H3,(H,21,24)(H,22,23). The van der Waals surface area contributed by atoms with Crippen molar-refractivity contribution in [2.24, 2.45) is 0 Å². The van der Waals surface area contributed by atoms with E-state index in [0.717, 1.165) is 0 Å². The monoisotopic (exact) mass is 355 g/mol. The maximum Gasteiger partial charge on any atom is 0.275 e. The molecule has 3 aromatic rings. The van der Waals surface area contributed by atoms with Gasteiger partial charge in [-0.3, -0.25) is 4.79 Å². The number of thiazole rings is 1. The molecule has 1 aromatic heterocycles. The summed E-state index contributed by atoms with van der Waals surface area (Å²) in [5.74, 6) is -0.223. The van der Waals surface area contributed by atoms with E-state index in [1.807, 2.05) is 24.3 Å². The van der Waals surface area contributed by atoms with Gasteiger partial charge in [-0.2, -0.15) is 0 Å². The van der Waals surface area contributed by atoms with Crippen LogP contribution in [0.15, 0.2) is 53.9 Å². The van der Waals surface area contributed by atoms with Crippen molar-refractivity contribution in [3.63, 3.8) is 0 Å². The summed E-state index contributed by atoms with van der Waals surface area (Å²) in [6.07, 6.45) is 0. The molecule has 0 aliphatic heterocycles. The number of hydrogen-bond acceptors (Lipinski definition) is 4. The summed E-state index contributed by atoms with van der Waals surface area (Å²) in [4.78, 5) is 16.5. The highest BCUT2D eigenvalue weighted by Gasteiger charge is 2.12. The SMILES string of the molecule is CC(C)c1ccc(NC(=O)c2csc(Nc3ccccc3F)n2)cc1. The van der Waals surface area contributed by atoms with Gasteiger partial charge in [-0.15, -0.1) is 11.3 Å². The van der Waals surface area contributed by atoms with Crippen LogP contribution in [0, 0.1) is 5.82 Å². The van der Waals surface area contributed by atoms with Crippen LogP contribution in [-0.2, 0) is 0 Å². The molecule has 25 heavy (non-hydrogen) atoms. The van der Waals surface area contributed by atoms with E-state index in [-0.39, 0.29) is 17.4 Å². The van der Waals surface area contributed by atoms with Crippen LogP contribution < -0.4 is 10.6 Å². The van der Waals surface area contributed by atoms with Crippen LogP contribution in [0.3, 0.4) is 0 Å². The number of carbonyl (C=O) groups is 1. The number of amides is 1. The molecule has 0 aliphatic carbocycles. The Morgan fingerprint density at radius 3 is 2.52 bits per heavy atom. The fourth-order valence-corrected chi connectivity index (χ4v) is 2.96. The van der Waals surface area contributed by atoms with E-state index in [9.17, 15) is 9.18 Å². The Hall–Kier alpha value is -2.73. The minimum atomic E-state index is -0.367. The van der Waals surface area contributed by atoms with Gasteiger partial charge in [0.15, 0.2) is 5.13 Å². The van der Waals surface area contributed by atoms with E-state index in [1.165, 1.54) is 23.0 Å². The fraction of sp³-hybridized carbons (Fsp3) is 0.158. The first-order valence-electron chi connectivity index (χ1n) is 7.91. The van der Waals surface area contributed by atoms with Crippen molar-refractivity contribution in [3.05, 3.63) is 71.0 Å². The molecule has 2 aromatic carbocycles. The van der Waals surface area contributed by atoms with Crippen LogP contribution in [0.2, 0.25) is 0 Å². The number of aromatic nitrogens is 1. The number of rotatable bonds is 5. The van der Waals surface area contributed by atoms with E-state index in [4.69, 9.17) is 0 Å². The number of anilines is 3. The molecule has 0 unspecified atom stereocenters. The van der Waals surface area contributed by atoms with Gasteiger partial charge in [-0.25, -0.2) is 9.37 Å². The summed E-state index contributed by atoms with van der Waals surface area (Å²) in [6, 6.07) is 14.1. The smallest absolute Gasteiger partial charge is 0.275 e. The normalized spacial score (nSPS) is 10.7. The molecular weight excluding hydrogens is 337 g/mol. The van der Waals surface area contributed by atoms with Crippen LogP contribution in [0.4, 0.5) is 20.9 Å². The third kappa shape index (κ3) is 4.22. The lowest BCUT2D eigenvalue weighted by Gasteiger charge is -2.07. The van der Waals surface area contributed by atoms with Crippen molar-refractivity contribution >= 4 is 33.8 Å². The summed E-state index contributed by atoms with van der Waals surface area (Å²) < 4.78 is 13.7. The van der Waals surface area contributed by atoms with Crippen LogP contribution in [0.25, 0.3) is 0 Å². The molecule has 0 radical (unpaired) electrons. The zero-order chi connectivity index (χ0) is 17.8. The second kappa shape index (κ2) is 7.44. The van der Waals surface area contributed by atoms with Crippen LogP contribution in [0.1, 0.15) is 35.8 Å². The lowest BCUT2D eigenvalue weighted by Crippen LogP contribution is -2.12. The number of nitrogens with one attached hydrogen (secondary N) is 2. The van der Waals surface area contributed by atoms with Crippen molar-refractivity contribution in [3.8, 4) is 0 Å². The largest absolute Gasteiger partial charge is 0.329 e. The van der Waals surface area contributed by atoms with E-state index >= 15 is 0 Å². The average molecular weight is 355 g/mol. The van der Waals surface area contributed by atoms with E-state index < -0.39 is 0 Å². The molecule has 0 fully saturated rings. The second-order valence-corrected chi connectivity index (χ2v) is 6.73. The zero-order valence-corrected chi connectivity index (χ0v) is 14.7. The molecule has 128 valence electrons. The number of nitrogens with zero attached hydrogens (tertiary/aromatic N) is 1. The molecule has 1 amide bonds. The summed E-state index contributed by atoms with van der Waals surface area (Å²) in [5.41, 5.74) is 2.54. The Morgan fingerprint density at radius 1 is 1.12 bits per heavy atom. The van der Waals surface area contributed by atoms with Gasteiger partial charge in [0, 0.05) is 11.1 Å². The molecule has 0 atom stereocenters. The summed E-state index contributed by atoms with van der Waals surface area (Å²) >= 11 is 1.25. The van der Waals surface area contributed by atoms with Gasteiger partial charge in [-0.05, 0) is 35.7 Å². The minimum Gasteiger partial charge on any atom is -0.329 e. The number of benzene rings is 2. The molecule has 0 aliphatic rings. The van der Waals surface area contributed by atoms with Gasteiger partial charge < -0.3 is 10.6 Å². The Kier molecular flexibility index (Phi) is 5.09. The highest BCUT2D eigenvalue weighted by Crippen LogP contribution is 2.23. The van der Waals surface area contributed by atoms with Crippen molar-refractivity contribution in [1.82, 2.24) is 4.98 Å². The Morgan fingerprint density at radius 2 is 1.84 bits per heavy atom. The van der Waals surface area contributed by atoms with Gasteiger partial charge in [0.1, 0.15) is 11.5 Å². The minimum absolute atomic E-state index is 0.289. The molecule has 3 rings (SSSR count). The molecular formula is C19H18FN3OS.